The highest BCUT2D eigenvalue weighted by atomic mass is 35.5. The van der Waals surface area contributed by atoms with Crippen LogP contribution in [0.1, 0.15) is 17.7 Å². The van der Waals surface area contributed by atoms with Crippen molar-refractivity contribution in [1.29, 1.82) is 0 Å². The SMILES string of the molecule is Cc1cc2c(NCC3(CCl)CC3)ncnc2s1. The average molecular weight is 268 g/mol. The fourth-order valence-corrected chi connectivity index (χ4v) is 3.13. The molecular formula is C12H14ClN3S. The Hall–Kier alpha value is -0.870. The van der Waals surface area contributed by atoms with E-state index in [1.807, 2.05) is 0 Å². The van der Waals surface area contributed by atoms with Gasteiger partial charge in [-0.15, -0.1) is 22.9 Å². The van der Waals surface area contributed by atoms with E-state index < -0.39 is 0 Å². The van der Waals surface area contributed by atoms with Crippen molar-refractivity contribution in [3.8, 4) is 0 Å². The van der Waals surface area contributed by atoms with Gasteiger partial charge in [-0.3, -0.25) is 0 Å². The van der Waals surface area contributed by atoms with Gasteiger partial charge < -0.3 is 5.32 Å². The number of anilines is 1. The van der Waals surface area contributed by atoms with Crippen LogP contribution in [0.15, 0.2) is 12.4 Å². The zero-order valence-corrected chi connectivity index (χ0v) is 11.2. The summed E-state index contributed by atoms with van der Waals surface area (Å²) in [6.45, 7) is 3.01. The monoisotopic (exact) mass is 267 g/mol. The number of aromatic nitrogens is 2. The topological polar surface area (TPSA) is 37.8 Å². The predicted molar refractivity (Wildman–Crippen MR) is 73.0 cm³/mol. The molecule has 3 nitrogen and oxygen atoms in total. The van der Waals surface area contributed by atoms with E-state index in [4.69, 9.17) is 11.6 Å². The van der Waals surface area contributed by atoms with Gasteiger partial charge >= 0.3 is 0 Å². The summed E-state index contributed by atoms with van der Waals surface area (Å²) in [5.74, 6) is 1.67. The average Bonchev–Trinajstić information content (AvgIpc) is 3.01. The van der Waals surface area contributed by atoms with Crippen LogP contribution in [0.25, 0.3) is 10.2 Å². The molecule has 0 aliphatic heterocycles. The lowest BCUT2D eigenvalue weighted by Crippen LogP contribution is -2.17. The Balaban J connectivity index is 1.85. The molecule has 0 atom stereocenters. The Labute approximate surface area is 109 Å². The minimum atomic E-state index is 0.309. The Morgan fingerprint density at radius 2 is 2.29 bits per heavy atom. The van der Waals surface area contributed by atoms with Crippen molar-refractivity contribution in [2.45, 2.75) is 19.8 Å². The molecule has 0 unspecified atom stereocenters. The molecule has 3 rings (SSSR count). The first-order chi connectivity index (χ1) is 8.22. The minimum absolute atomic E-state index is 0.309. The highest BCUT2D eigenvalue weighted by Gasteiger charge is 2.41. The number of rotatable bonds is 4. The van der Waals surface area contributed by atoms with Crippen LogP contribution in [-0.4, -0.2) is 22.4 Å². The maximum absolute atomic E-state index is 5.97. The molecule has 17 heavy (non-hydrogen) atoms. The summed E-state index contributed by atoms with van der Waals surface area (Å²) in [5, 5.41) is 4.55. The predicted octanol–water partition coefficient (Wildman–Crippen LogP) is 3.43. The van der Waals surface area contributed by atoms with Gasteiger partial charge in [-0.05, 0) is 25.8 Å². The number of nitrogens with zero attached hydrogens (tertiary/aromatic N) is 2. The van der Waals surface area contributed by atoms with Crippen molar-refractivity contribution < 1.29 is 0 Å². The van der Waals surface area contributed by atoms with Crippen molar-refractivity contribution in [3.05, 3.63) is 17.3 Å². The second kappa shape index (κ2) is 4.10. The molecule has 0 aromatic carbocycles. The van der Waals surface area contributed by atoms with Crippen molar-refractivity contribution >= 4 is 39.0 Å². The summed E-state index contributed by atoms with van der Waals surface area (Å²) in [6.07, 6.45) is 4.07. The van der Waals surface area contributed by atoms with E-state index in [2.05, 4.69) is 28.3 Å². The molecule has 2 heterocycles. The van der Waals surface area contributed by atoms with E-state index in [9.17, 15) is 0 Å². The third-order valence-electron chi connectivity index (χ3n) is 3.32. The van der Waals surface area contributed by atoms with E-state index in [1.54, 1.807) is 17.7 Å². The largest absolute Gasteiger partial charge is 0.369 e. The summed E-state index contributed by atoms with van der Waals surface area (Å²) in [4.78, 5) is 10.9. The molecule has 90 valence electrons. The molecule has 1 N–H and O–H groups in total. The maximum Gasteiger partial charge on any atom is 0.138 e. The van der Waals surface area contributed by atoms with Gasteiger partial charge in [0, 0.05) is 22.7 Å². The summed E-state index contributed by atoms with van der Waals surface area (Å²) in [7, 11) is 0. The summed E-state index contributed by atoms with van der Waals surface area (Å²) >= 11 is 7.68. The molecule has 0 amide bonds. The molecule has 1 aliphatic rings. The van der Waals surface area contributed by atoms with Crippen LogP contribution < -0.4 is 5.32 Å². The third-order valence-corrected chi connectivity index (χ3v) is 4.85. The number of aryl methyl sites for hydroxylation is 1. The smallest absolute Gasteiger partial charge is 0.138 e. The molecule has 5 heteroatoms. The first kappa shape index (κ1) is 11.2. The Morgan fingerprint density at radius 3 is 3.00 bits per heavy atom. The molecule has 2 aromatic rings. The molecule has 1 aliphatic carbocycles. The van der Waals surface area contributed by atoms with Gasteiger partial charge in [-0.2, -0.15) is 0 Å². The lowest BCUT2D eigenvalue weighted by molar-refractivity contribution is 0.618. The molecule has 0 bridgehead atoms. The normalized spacial score (nSPS) is 17.3. The van der Waals surface area contributed by atoms with Gasteiger partial charge in [-0.1, -0.05) is 0 Å². The van der Waals surface area contributed by atoms with Crippen molar-refractivity contribution in [2.75, 3.05) is 17.7 Å². The summed E-state index contributed by atoms with van der Waals surface area (Å²) < 4.78 is 0. The second-order valence-corrected chi connectivity index (χ2v) is 6.29. The van der Waals surface area contributed by atoms with Gasteiger partial charge in [0.2, 0.25) is 0 Å². The zero-order valence-electron chi connectivity index (χ0n) is 9.66. The van der Waals surface area contributed by atoms with Crippen LogP contribution in [0.5, 0.6) is 0 Å². The second-order valence-electron chi connectivity index (χ2n) is 4.79. The summed E-state index contributed by atoms with van der Waals surface area (Å²) in [6, 6.07) is 2.14. The zero-order chi connectivity index (χ0) is 11.9. The highest BCUT2D eigenvalue weighted by Crippen LogP contribution is 2.46. The fourth-order valence-electron chi connectivity index (χ4n) is 1.92. The van der Waals surface area contributed by atoms with E-state index in [-0.39, 0.29) is 0 Å². The number of hydrogen-bond acceptors (Lipinski definition) is 4. The molecule has 0 spiro atoms. The lowest BCUT2D eigenvalue weighted by atomic mass is 10.1. The van der Waals surface area contributed by atoms with Crippen molar-refractivity contribution in [2.24, 2.45) is 5.41 Å². The van der Waals surface area contributed by atoms with E-state index in [1.165, 1.54) is 17.7 Å². The van der Waals surface area contributed by atoms with E-state index in [0.717, 1.165) is 28.5 Å². The van der Waals surface area contributed by atoms with Gasteiger partial charge in [0.15, 0.2) is 0 Å². The number of hydrogen-bond donors (Lipinski definition) is 1. The molecule has 2 aromatic heterocycles. The number of nitrogens with one attached hydrogen (secondary N) is 1. The quantitative estimate of drug-likeness (QED) is 0.863. The van der Waals surface area contributed by atoms with Crippen LogP contribution in [0, 0.1) is 12.3 Å². The third kappa shape index (κ3) is 2.11. The van der Waals surface area contributed by atoms with Crippen LogP contribution in [0.3, 0.4) is 0 Å². The highest BCUT2D eigenvalue weighted by molar-refractivity contribution is 7.18. The minimum Gasteiger partial charge on any atom is -0.369 e. The molecule has 0 saturated heterocycles. The fraction of sp³-hybridized carbons (Fsp3) is 0.500. The van der Waals surface area contributed by atoms with Gasteiger partial charge in [-0.25, -0.2) is 9.97 Å². The van der Waals surface area contributed by atoms with Crippen molar-refractivity contribution in [3.63, 3.8) is 0 Å². The molecule has 1 fully saturated rings. The van der Waals surface area contributed by atoms with Gasteiger partial charge in [0.05, 0.1) is 5.39 Å². The number of halogens is 1. The van der Waals surface area contributed by atoms with Crippen molar-refractivity contribution in [1.82, 2.24) is 9.97 Å². The number of fused-ring (bicyclic) bond motifs is 1. The van der Waals surface area contributed by atoms with Gasteiger partial charge in [0.25, 0.3) is 0 Å². The van der Waals surface area contributed by atoms with Crippen LogP contribution >= 0.6 is 22.9 Å². The first-order valence-electron chi connectivity index (χ1n) is 5.73. The molecule has 1 saturated carbocycles. The lowest BCUT2D eigenvalue weighted by Gasteiger charge is -2.13. The Bertz CT molecular complexity index is 548. The van der Waals surface area contributed by atoms with Crippen LogP contribution in [-0.2, 0) is 0 Å². The summed E-state index contributed by atoms with van der Waals surface area (Å²) in [5.41, 5.74) is 0.309. The van der Waals surface area contributed by atoms with E-state index >= 15 is 0 Å². The number of thiophene rings is 1. The first-order valence-corrected chi connectivity index (χ1v) is 7.09. The Morgan fingerprint density at radius 1 is 1.47 bits per heavy atom. The van der Waals surface area contributed by atoms with E-state index in [0.29, 0.717) is 5.41 Å². The molecule has 0 radical (unpaired) electrons. The maximum atomic E-state index is 5.97. The van der Waals surface area contributed by atoms with Gasteiger partial charge in [0.1, 0.15) is 17.0 Å². The van der Waals surface area contributed by atoms with Crippen LogP contribution in [0.2, 0.25) is 0 Å². The Kier molecular flexibility index (Phi) is 2.71. The standard InChI is InChI=1S/C12H14ClN3S/c1-8-4-9-10(15-7-16-11(9)17-8)14-6-12(5-13)2-3-12/h4,7H,2-3,5-6H2,1H3,(H,14,15,16). The molecular weight excluding hydrogens is 254 g/mol. The number of alkyl halides is 1. The van der Waals surface area contributed by atoms with Crippen LogP contribution in [0.4, 0.5) is 5.82 Å².